The maximum absolute atomic E-state index is 5.63. The van der Waals surface area contributed by atoms with Gasteiger partial charge < -0.3 is 13.3 Å². The lowest BCUT2D eigenvalue weighted by atomic mass is 9.98. The van der Waals surface area contributed by atoms with E-state index in [0.717, 1.165) is 0 Å². The highest BCUT2D eigenvalue weighted by Crippen LogP contribution is 2.31. The summed E-state index contributed by atoms with van der Waals surface area (Å²) in [6.45, 7) is 0. The second-order valence-corrected chi connectivity index (χ2v) is 8.21. The molecule has 3 nitrogen and oxygen atoms in total. The summed E-state index contributed by atoms with van der Waals surface area (Å²) >= 11 is 0. The van der Waals surface area contributed by atoms with Crippen LogP contribution in [0.2, 0.25) is 0 Å². The van der Waals surface area contributed by atoms with Crippen molar-refractivity contribution in [2.45, 2.75) is 6.04 Å². The zero-order valence-corrected chi connectivity index (χ0v) is 14.1. The SMILES string of the molecule is CO[Si](Cc1c2ccccc2cc2ccccc12)(OC)OC. The summed E-state index contributed by atoms with van der Waals surface area (Å²) in [6.07, 6.45) is 0. The first kappa shape index (κ1) is 15.2. The van der Waals surface area contributed by atoms with Gasteiger partial charge >= 0.3 is 8.80 Å². The van der Waals surface area contributed by atoms with Crippen LogP contribution in [0.15, 0.2) is 54.6 Å². The number of rotatable bonds is 5. The third kappa shape index (κ3) is 2.55. The molecule has 0 aliphatic carbocycles. The maximum atomic E-state index is 5.63. The molecule has 0 N–H and O–H groups in total. The molecule has 0 heterocycles. The van der Waals surface area contributed by atoms with Gasteiger partial charge in [0.15, 0.2) is 0 Å². The molecule has 0 fully saturated rings. The molecule has 0 atom stereocenters. The Morgan fingerprint density at radius 1 is 0.727 bits per heavy atom. The van der Waals surface area contributed by atoms with Gasteiger partial charge in [0.25, 0.3) is 0 Å². The number of hydrogen-bond acceptors (Lipinski definition) is 3. The van der Waals surface area contributed by atoms with Gasteiger partial charge in [-0.25, -0.2) is 0 Å². The second kappa shape index (κ2) is 6.18. The van der Waals surface area contributed by atoms with Gasteiger partial charge in [-0.05, 0) is 33.2 Å². The van der Waals surface area contributed by atoms with Gasteiger partial charge in [0.1, 0.15) is 0 Å². The van der Waals surface area contributed by atoms with Crippen molar-refractivity contribution in [3.8, 4) is 0 Å². The normalized spacial score (nSPS) is 12.1. The Labute approximate surface area is 131 Å². The molecule has 0 radical (unpaired) electrons. The maximum Gasteiger partial charge on any atom is 0.504 e. The minimum Gasteiger partial charge on any atom is -0.377 e. The quantitative estimate of drug-likeness (QED) is 0.527. The molecule has 0 saturated carbocycles. The van der Waals surface area contributed by atoms with E-state index in [2.05, 4.69) is 54.6 Å². The molecule has 0 unspecified atom stereocenters. The van der Waals surface area contributed by atoms with Crippen molar-refractivity contribution in [1.29, 1.82) is 0 Å². The van der Waals surface area contributed by atoms with E-state index in [0.29, 0.717) is 6.04 Å². The van der Waals surface area contributed by atoms with Gasteiger partial charge in [-0.2, -0.15) is 0 Å². The van der Waals surface area contributed by atoms with Crippen molar-refractivity contribution in [2.24, 2.45) is 0 Å². The molecule has 0 bridgehead atoms. The number of hydrogen-bond donors (Lipinski definition) is 0. The van der Waals surface area contributed by atoms with Crippen molar-refractivity contribution in [3.05, 3.63) is 60.2 Å². The van der Waals surface area contributed by atoms with E-state index < -0.39 is 8.80 Å². The third-order valence-electron chi connectivity index (χ3n) is 4.21. The fourth-order valence-electron chi connectivity index (χ4n) is 2.98. The van der Waals surface area contributed by atoms with Crippen molar-refractivity contribution >= 4 is 30.3 Å². The average Bonchev–Trinajstić information content (AvgIpc) is 2.59. The van der Waals surface area contributed by atoms with Crippen LogP contribution < -0.4 is 0 Å². The Bertz CT molecular complexity index is 734. The lowest BCUT2D eigenvalue weighted by molar-refractivity contribution is 0.123. The summed E-state index contributed by atoms with van der Waals surface area (Å²) < 4.78 is 16.9. The lowest BCUT2D eigenvalue weighted by Crippen LogP contribution is -2.45. The summed E-state index contributed by atoms with van der Waals surface area (Å²) in [4.78, 5) is 0. The standard InChI is InChI=1S/C18H20O3Si/c1-19-22(20-2,21-3)13-18-16-10-6-4-8-14(16)12-15-9-5-7-11-17(15)18/h4-12H,13H2,1-3H3. The van der Waals surface area contributed by atoms with Crippen LogP contribution in [0.25, 0.3) is 21.5 Å². The minimum absolute atomic E-state index is 0.651. The highest BCUT2D eigenvalue weighted by Gasteiger charge is 2.39. The van der Waals surface area contributed by atoms with E-state index in [-0.39, 0.29) is 0 Å². The summed E-state index contributed by atoms with van der Waals surface area (Å²) in [5.74, 6) is 0. The number of fused-ring (bicyclic) bond motifs is 2. The molecule has 0 aliphatic heterocycles. The summed E-state index contributed by atoms with van der Waals surface area (Å²) in [5, 5.41) is 4.90. The first-order chi connectivity index (χ1) is 10.7. The topological polar surface area (TPSA) is 27.7 Å². The Hall–Kier alpha value is -1.72. The van der Waals surface area contributed by atoms with Crippen LogP contribution in [0, 0.1) is 0 Å². The predicted octanol–water partition coefficient (Wildman–Crippen LogP) is 3.95. The Balaban J connectivity index is 2.28. The predicted molar refractivity (Wildman–Crippen MR) is 91.9 cm³/mol. The summed E-state index contributed by atoms with van der Waals surface area (Å²) in [6, 6.07) is 19.7. The van der Waals surface area contributed by atoms with E-state index in [1.807, 2.05) is 0 Å². The highest BCUT2D eigenvalue weighted by molar-refractivity contribution is 6.60. The van der Waals surface area contributed by atoms with Crippen molar-refractivity contribution in [3.63, 3.8) is 0 Å². The molecule has 114 valence electrons. The van der Waals surface area contributed by atoms with Gasteiger partial charge in [-0.3, -0.25) is 0 Å². The van der Waals surface area contributed by atoms with Gasteiger partial charge in [0.05, 0.1) is 0 Å². The van der Waals surface area contributed by atoms with Crippen LogP contribution in [-0.2, 0) is 19.3 Å². The van der Waals surface area contributed by atoms with Gasteiger partial charge in [-0.1, -0.05) is 48.5 Å². The highest BCUT2D eigenvalue weighted by atomic mass is 28.4. The average molecular weight is 312 g/mol. The van der Waals surface area contributed by atoms with E-state index in [1.165, 1.54) is 27.1 Å². The molecule has 0 aliphatic rings. The molecule has 3 rings (SSSR count). The van der Waals surface area contributed by atoms with Gasteiger partial charge in [0, 0.05) is 27.4 Å². The molecule has 0 aromatic heterocycles. The largest absolute Gasteiger partial charge is 0.504 e. The fraction of sp³-hybridized carbons (Fsp3) is 0.222. The molecule has 4 heteroatoms. The van der Waals surface area contributed by atoms with Crippen LogP contribution in [0.1, 0.15) is 5.56 Å². The van der Waals surface area contributed by atoms with Crippen LogP contribution in [-0.4, -0.2) is 30.1 Å². The lowest BCUT2D eigenvalue weighted by Gasteiger charge is -2.25. The van der Waals surface area contributed by atoms with Crippen LogP contribution in [0.4, 0.5) is 0 Å². The monoisotopic (exact) mass is 312 g/mol. The molecule has 3 aromatic rings. The van der Waals surface area contributed by atoms with Crippen LogP contribution in [0.3, 0.4) is 0 Å². The fourth-order valence-corrected chi connectivity index (χ4v) is 4.73. The van der Waals surface area contributed by atoms with E-state index in [4.69, 9.17) is 13.3 Å². The van der Waals surface area contributed by atoms with Gasteiger partial charge in [0.2, 0.25) is 0 Å². The Morgan fingerprint density at radius 3 is 1.64 bits per heavy atom. The van der Waals surface area contributed by atoms with Crippen molar-refractivity contribution < 1.29 is 13.3 Å². The Kier molecular flexibility index (Phi) is 4.27. The van der Waals surface area contributed by atoms with Crippen molar-refractivity contribution in [2.75, 3.05) is 21.3 Å². The van der Waals surface area contributed by atoms with Crippen LogP contribution in [0.5, 0.6) is 0 Å². The molecule has 22 heavy (non-hydrogen) atoms. The molecule has 0 spiro atoms. The molecule has 0 amide bonds. The molecule has 3 aromatic carbocycles. The van der Waals surface area contributed by atoms with Crippen LogP contribution >= 0.6 is 0 Å². The second-order valence-electron chi connectivity index (χ2n) is 5.27. The summed E-state index contributed by atoms with van der Waals surface area (Å²) in [5.41, 5.74) is 1.23. The first-order valence-corrected chi connectivity index (χ1v) is 9.21. The van der Waals surface area contributed by atoms with Gasteiger partial charge in [-0.15, -0.1) is 0 Å². The third-order valence-corrected chi connectivity index (χ3v) is 6.86. The molecular weight excluding hydrogens is 292 g/mol. The molecular formula is C18H20O3Si. The Morgan fingerprint density at radius 2 is 1.18 bits per heavy atom. The van der Waals surface area contributed by atoms with E-state index in [1.54, 1.807) is 21.3 Å². The zero-order chi connectivity index (χ0) is 15.6. The zero-order valence-electron chi connectivity index (χ0n) is 13.1. The van der Waals surface area contributed by atoms with E-state index in [9.17, 15) is 0 Å². The smallest absolute Gasteiger partial charge is 0.377 e. The minimum atomic E-state index is -2.69. The number of benzene rings is 3. The molecule has 0 saturated heterocycles. The van der Waals surface area contributed by atoms with E-state index >= 15 is 0 Å². The summed E-state index contributed by atoms with van der Waals surface area (Å²) in [7, 11) is 2.29. The van der Waals surface area contributed by atoms with Crippen molar-refractivity contribution in [1.82, 2.24) is 0 Å². The first-order valence-electron chi connectivity index (χ1n) is 7.28.